The number of anilines is 2. The summed E-state index contributed by atoms with van der Waals surface area (Å²) in [5.41, 5.74) is 15.5. The van der Waals surface area contributed by atoms with Crippen LogP contribution in [0.3, 0.4) is 0 Å². The Bertz CT molecular complexity index is 1310. The number of amides is 1. The average Bonchev–Trinajstić information content (AvgIpc) is 3.48. The van der Waals surface area contributed by atoms with Crippen molar-refractivity contribution >= 4 is 47.3 Å². The Kier molecular flexibility index (Phi) is 7.93. The first-order valence-electron chi connectivity index (χ1n) is 11.9. The molecular weight excluding hydrogens is 496 g/mol. The second kappa shape index (κ2) is 10.9. The number of thiol groups is 1. The number of nitrogen functional groups attached to an aromatic ring is 1. The number of fused-ring (bicyclic) bond motifs is 1. The topological polar surface area (TPSA) is 130 Å². The van der Waals surface area contributed by atoms with E-state index in [1.807, 2.05) is 24.1 Å². The molecule has 1 amide bonds. The van der Waals surface area contributed by atoms with Crippen molar-refractivity contribution < 1.29 is 4.79 Å². The molecule has 4 heterocycles. The minimum atomic E-state index is -0.210. The van der Waals surface area contributed by atoms with E-state index in [9.17, 15) is 10.1 Å². The van der Waals surface area contributed by atoms with Crippen molar-refractivity contribution in [1.29, 1.82) is 5.26 Å². The molecule has 0 saturated carbocycles. The standard InChI is InChI=1S/C24H27ClN8O.CH4S/c1-14-11-33-22(29-23(14)31-12-15(10-26)19(28)13-31)9-20(30-33)21-4-2-3-7-32(21)24(34)17-8-16(25)5-6-18(17)27;1-2/h5-6,8-9,11,15,19,21H,2-4,7,12-13,27-28H2,1H3;2H,1H3. The first-order chi connectivity index (χ1) is 17.4. The number of piperidine rings is 1. The van der Waals surface area contributed by atoms with E-state index in [0.29, 0.717) is 41.6 Å². The lowest BCUT2D eigenvalue weighted by Crippen LogP contribution is -2.39. The molecule has 3 unspecified atom stereocenters. The first-order valence-corrected chi connectivity index (χ1v) is 13.2. The summed E-state index contributed by atoms with van der Waals surface area (Å²) in [5.74, 6) is 0.467. The molecule has 1 aromatic carbocycles. The molecule has 2 aliphatic heterocycles. The van der Waals surface area contributed by atoms with E-state index in [4.69, 9.17) is 33.2 Å². The van der Waals surface area contributed by atoms with E-state index in [-0.39, 0.29) is 23.9 Å². The summed E-state index contributed by atoms with van der Waals surface area (Å²) >= 11 is 9.67. The van der Waals surface area contributed by atoms with E-state index in [0.717, 1.165) is 36.3 Å². The van der Waals surface area contributed by atoms with Crippen molar-refractivity contribution in [2.24, 2.45) is 11.7 Å². The molecule has 2 fully saturated rings. The van der Waals surface area contributed by atoms with Gasteiger partial charge < -0.3 is 21.3 Å². The fourth-order valence-corrected chi connectivity index (χ4v) is 5.16. The van der Waals surface area contributed by atoms with E-state index < -0.39 is 0 Å². The molecule has 36 heavy (non-hydrogen) atoms. The monoisotopic (exact) mass is 526 g/mol. The number of carbonyl (C=O) groups is 1. The van der Waals surface area contributed by atoms with Gasteiger partial charge in [0.25, 0.3) is 5.91 Å². The maximum absolute atomic E-state index is 13.4. The molecule has 2 saturated heterocycles. The summed E-state index contributed by atoms with van der Waals surface area (Å²) in [6, 6.07) is 8.83. The van der Waals surface area contributed by atoms with Crippen molar-refractivity contribution in [1.82, 2.24) is 19.5 Å². The van der Waals surface area contributed by atoms with Crippen LogP contribution in [-0.2, 0) is 0 Å². The number of hydrogen-bond acceptors (Lipinski definition) is 8. The van der Waals surface area contributed by atoms with Gasteiger partial charge in [-0.2, -0.15) is 23.0 Å². The molecule has 3 aromatic rings. The zero-order valence-corrected chi connectivity index (χ0v) is 22.1. The molecule has 2 aliphatic rings. The molecule has 5 rings (SSSR count). The minimum Gasteiger partial charge on any atom is -0.398 e. The van der Waals surface area contributed by atoms with Crippen molar-refractivity contribution in [3.63, 3.8) is 0 Å². The van der Waals surface area contributed by atoms with Crippen molar-refractivity contribution in [2.45, 2.75) is 38.3 Å². The van der Waals surface area contributed by atoms with Gasteiger partial charge in [0.15, 0.2) is 5.65 Å². The molecule has 0 aliphatic carbocycles. The van der Waals surface area contributed by atoms with Crippen LogP contribution in [0.25, 0.3) is 5.65 Å². The van der Waals surface area contributed by atoms with Crippen LogP contribution in [-0.4, -0.2) is 57.3 Å². The number of nitrogens with two attached hydrogens (primary N) is 2. The Morgan fingerprint density at radius 2 is 2.03 bits per heavy atom. The molecule has 0 spiro atoms. The van der Waals surface area contributed by atoms with Crippen molar-refractivity contribution in [3.05, 3.63) is 52.3 Å². The molecular formula is C25H31ClN8OS. The highest BCUT2D eigenvalue weighted by Gasteiger charge is 2.33. The molecule has 3 atom stereocenters. The number of likely N-dealkylation sites (tertiary alicyclic amines) is 1. The second-order valence-electron chi connectivity index (χ2n) is 9.17. The van der Waals surface area contributed by atoms with E-state index in [2.05, 4.69) is 23.6 Å². The highest BCUT2D eigenvalue weighted by atomic mass is 35.5. The quantitative estimate of drug-likeness (QED) is 0.352. The number of rotatable bonds is 3. The number of benzene rings is 1. The lowest BCUT2D eigenvalue weighted by molar-refractivity contribution is 0.0607. The van der Waals surface area contributed by atoms with Crippen LogP contribution < -0.4 is 16.4 Å². The maximum Gasteiger partial charge on any atom is 0.256 e. The molecule has 190 valence electrons. The highest BCUT2D eigenvalue weighted by molar-refractivity contribution is 7.79. The maximum atomic E-state index is 13.4. The van der Waals surface area contributed by atoms with Gasteiger partial charge in [-0.05, 0) is 50.6 Å². The number of nitriles is 1. The lowest BCUT2D eigenvalue weighted by Gasteiger charge is -2.35. The fourth-order valence-electron chi connectivity index (χ4n) is 4.99. The summed E-state index contributed by atoms with van der Waals surface area (Å²) in [6.45, 7) is 3.76. The van der Waals surface area contributed by atoms with E-state index in [1.165, 1.54) is 0 Å². The normalized spacial score (nSPS) is 21.7. The van der Waals surface area contributed by atoms with Gasteiger partial charge in [0.2, 0.25) is 0 Å². The summed E-state index contributed by atoms with van der Waals surface area (Å²) in [4.78, 5) is 22.2. The Morgan fingerprint density at radius 1 is 1.25 bits per heavy atom. The second-order valence-corrected chi connectivity index (χ2v) is 9.60. The summed E-state index contributed by atoms with van der Waals surface area (Å²) in [5, 5.41) is 14.6. The zero-order chi connectivity index (χ0) is 26.0. The number of aromatic nitrogens is 3. The van der Waals surface area contributed by atoms with Gasteiger partial charge in [-0.25, -0.2) is 9.50 Å². The van der Waals surface area contributed by atoms with Crippen LogP contribution >= 0.6 is 24.2 Å². The largest absolute Gasteiger partial charge is 0.398 e. The van der Waals surface area contributed by atoms with Gasteiger partial charge in [0.05, 0.1) is 29.3 Å². The molecule has 2 aromatic heterocycles. The SMILES string of the molecule is CS.Cc1cn2nc(C3CCCCN3C(=O)c3cc(Cl)ccc3N)cc2nc1N1CC(N)C(C#N)C1. The van der Waals surface area contributed by atoms with Gasteiger partial charge in [-0.3, -0.25) is 4.79 Å². The Balaban J connectivity index is 0.00000148. The zero-order valence-electron chi connectivity index (χ0n) is 20.4. The number of carbonyl (C=O) groups excluding carboxylic acids is 1. The van der Waals surface area contributed by atoms with Gasteiger partial charge in [-0.15, -0.1) is 0 Å². The molecule has 4 N–H and O–H groups in total. The van der Waals surface area contributed by atoms with Crippen molar-refractivity contribution in [3.8, 4) is 6.07 Å². The number of hydrogen-bond donors (Lipinski definition) is 3. The molecule has 0 radical (unpaired) electrons. The van der Waals surface area contributed by atoms with Crippen LogP contribution in [0.15, 0.2) is 30.5 Å². The van der Waals surface area contributed by atoms with Crippen LogP contribution in [0.4, 0.5) is 11.5 Å². The van der Waals surface area contributed by atoms with E-state index in [1.54, 1.807) is 29.0 Å². The fraction of sp³-hybridized carbons (Fsp3) is 0.440. The highest BCUT2D eigenvalue weighted by Crippen LogP contribution is 2.34. The third kappa shape index (κ3) is 4.96. The van der Waals surface area contributed by atoms with Gasteiger partial charge in [0.1, 0.15) is 5.82 Å². The number of halogens is 1. The predicted molar refractivity (Wildman–Crippen MR) is 145 cm³/mol. The molecule has 0 bridgehead atoms. The van der Waals surface area contributed by atoms with Crippen LogP contribution in [0.5, 0.6) is 0 Å². The van der Waals surface area contributed by atoms with Crippen molar-refractivity contribution in [2.75, 3.05) is 36.5 Å². The number of aryl methyl sites for hydroxylation is 1. The summed E-state index contributed by atoms with van der Waals surface area (Å²) in [7, 11) is 0. The van der Waals surface area contributed by atoms with Gasteiger partial charge in [-0.1, -0.05) is 11.6 Å². The average molecular weight is 527 g/mol. The smallest absolute Gasteiger partial charge is 0.256 e. The van der Waals surface area contributed by atoms with Gasteiger partial charge in [0, 0.05) is 54.2 Å². The lowest BCUT2D eigenvalue weighted by atomic mass is 9.98. The number of nitrogens with zero attached hydrogens (tertiary/aromatic N) is 6. The van der Waals surface area contributed by atoms with Crippen LogP contribution in [0, 0.1) is 24.2 Å². The Labute approximate surface area is 221 Å². The van der Waals surface area contributed by atoms with Crippen LogP contribution in [0.2, 0.25) is 5.02 Å². The minimum absolute atomic E-state index is 0.139. The predicted octanol–water partition coefficient (Wildman–Crippen LogP) is 3.47. The summed E-state index contributed by atoms with van der Waals surface area (Å²) < 4.78 is 1.76. The third-order valence-electron chi connectivity index (χ3n) is 6.81. The first kappa shape index (κ1) is 26.1. The summed E-state index contributed by atoms with van der Waals surface area (Å²) in [6.07, 6.45) is 6.38. The third-order valence-corrected chi connectivity index (χ3v) is 7.04. The Morgan fingerprint density at radius 3 is 2.75 bits per heavy atom. The van der Waals surface area contributed by atoms with E-state index >= 15 is 0 Å². The molecule has 9 nitrogen and oxygen atoms in total. The Hall–Kier alpha value is -3.00. The van der Waals surface area contributed by atoms with Gasteiger partial charge >= 0.3 is 0 Å². The van der Waals surface area contributed by atoms with Crippen LogP contribution in [0.1, 0.15) is 46.9 Å². The molecule has 11 heteroatoms.